The molecule has 2 N–H and O–H groups in total. The summed E-state index contributed by atoms with van der Waals surface area (Å²) in [5.74, 6) is 1.96. The van der Waals surface area contributed by atoms with Crippen molar-refractivity contribution in [3.8, 4) is 5.75 Å². The number of rotatable bonds is 8. The van der Waals surface area contributed by atoms with Crippen LogP contribution in [0, 0.1) is 0 Å². The summed E-state index contributed by atoms with van der Waals surface area (Å²) in [4.78, 5) is 12.6. The van der Waals surface area contributed by atoms with Gasteiger partial charge in [-0.1, -0.05) is 12.1 Å². The number of benzene rings is 1. The van der Waals surface area contributed by atoms with Gasteiger partial charge in [0.25, 0.3) is 0 Å². The van der Waals surface area contributed by atoms with Crippen molar-refractivity contribution in [1.82, 2.24) is 20.2 Å². The minimum Gasteiger partial charge on any atom is -0.497 e. The van der Waals surface area contributed by atoms with E-state index in [0.29, 0.717) is 18.8 Å². The van der Waals surface area contributed by atoms with Crippen molar-refractivity contribution in [3.63, 3.8) is 0 Å². The lowest BCUT2D eigenvalue weighted by molar-refractivity contribution is 0.101. The van der Waals surface area contributed by atoms with E-state index in [1.807, 2.05) is 30.5 Å². The molecule has 0 aliphatic carbocycles. The van der Waals surface area contributed by atoms with Gasteiger partial charge in [0, 0.05) is 12.2 Å². The third-order valence-electron chi connectivity index (χ3n) is 3.09. The number of primary amides is 1. The normalized spacial score (nSPS) is 11.9. The number of aromatic nitrogens is 4. The van der Waals surface area contributed by atoms with E-state index in [2.05, 4.69) is 15.4 Å². The molecule has 1 atom stereocenters. The number of methoxy groups -OCH3 is 1. The van der Waals surface area contributed by atoms with Crippen LogP contribution in [0.1, 0.15) is 17.5 Å². The van der Waals surface area contributed by atoms with E-state index in [9.17, 15) is 4.79 Å². The van der Waals surface area contributed by atoms with Gasteiger partial charge in [-0.3, -0.25) is 0 Å². The molecule has 0 saturated carbocycles. The Hall–Kier alpha value is -2.29. The summed E-state index contributed by atoms with van der Waals surface area (Å²) in [5.41, 5.74) is 6.09. The van der Waals surface area contributed by atoms with Crippen molar-refractivity contribution in [2.75, 3.05) is 19.1 Å². The van der Waals surface area contributed by atoms with E-state index >= 15 is 0 Å². The predicted molar refractivity (Wildman–Crippen MR) is 86.3 cm³/mol. The third-order valence-corrected chi connectivity index (χ3v) is 3.68. The topological polar surface area (TPSA) is 105 Å². The first kappa shape index (κ1) is 17.1. The molecule has 2 rings (SSSR count). The zero-order chi connectivity index (χ0) is 16.7. The molecule has 1 aromatic carbocycles. The van der Waals surface area contributed by atoms with Gasteiger partial charge in [0.2, 0.25) is 5.82 Å². The Labute approximate surface area is 138 Å². The molecule has 124 valence electrons. The standard InChI is InChI=1S/C14H19N5O3S/c1-21-11-5-3-10(4-6-11)9-12(22-14(15)20)13-16-18-19(17-13)7-8-23-2/h3-6,12H,7-9H2,1-2H3,(H2,15,20). The Morgan fingerprint density at radius 3 is 2.74 bits per heavy atom. The monoisotopic (exact) mass is 337 g/mol. The zero-order valence-corrected chi connectivity index (χ0v) is 13.8. The van der Waals surface area contributed by atoms with Crippen LogP contribution in [0.5, 0.6) is 5.75 Å². The number of nitrogens with zero attached hydrogens (tertiary/aromatic N) is 4. The minimum absolute atomic E-state index is 0.334. The van der Waals surface area contributed by atoms with E-state index in [1.54, 1.807) is 18.9 Å². The molecule has 1 aromatic heterocycles. The Balaban J connectivity index is 2.12. The number of ether oxygens (including phenoxy) is 2. The summed E-state index contributed by atoms with van der Waals surface area (Å²) in [5, 5.41) is 12.2. The predicted octanol–water partition coefficient (Wildman–Crippen LogP) is 1.42. The maximum atomic E-state index is 11.1. The Kier molecular flexibility index (Phi) is 6.21. The molecule has 23 heavy (non-hydrogen) atoms. The van der Waals surface area contributed by atoms with Crippen LogP contribution in [0.25, 0.3) is 0 Å². The lowest BCUT2D eigenvalue weighted by atomic mass is 10.1. The number of hydrogen-bond acceptors (Lipinski definition) is 7. The lowest BCUT2D eigenvalue weighted by Crippen LogP contribution is -2.20. The van der Waals surface area contributed by atoms with Crippen LogP contribution in [-0.2, 0) is 17.7 Å². The molecule has 8 nitrogen and oxygen atoms in total. The Morgan fingerprint density at radius 1 is 1.39 bits per heavy atom. The molecule has 1 heterocycles. The number of carbonyl (C=O) groups is 1. The summed E-state index contributed by atoms with van der Waals surface area (Å²) in [7, 11) is 1.60. The maximum absolute atomic E-state index is 11.1. The van der Waals surface area contributed by atoms with Crippen molar-refractivity contribution >= 4 is 17.9 Å². The second-order valence-electron chi connectivity index (χ2n) is 4.71. The van der Waals surface area contributed by atoms with Gasteiger partial charge in [0.05, 0.1) is 13.7 Å². The van der Waals surface area contributed by atoms with Gasteiger partial charge in [-0.25, -0.2) is 4.79 Å². The first-order valence-electron chi connectivity index (χ1n) is 6.98. The van der Waals surface area contributed by atoms with Crippen LogP contribution >= 0.6 is 11.8 Å². The fraction of sp³-hybridized carbons (Fsp3) is 0.429. The number of hydrogen-bond donors (Lipinski definition) is 1. The van der Waals surface area contributed by atoms with E-state index in [4.69, 9.17) is 15.2 Å². The van der Waals surface area contributed by atoms with Crippen molar-refractivity contribution in [2.45, 2.75) is 19.1 Å². The highest BCUT2D eigenvalue weighted by molar-refractivity contribution is 7.98. The van der Waals surface area contributed by atoms with Gasteiger partial charge in [0.1, 0.15) is 5.75 Å². The number of aryl methyl sites for hydroxylation is 1. The van der Waals surface area contributed by atoms with Gasteiger partial charge < -0.3 is 15.2 Å². The van der Waals surface area contributed by atoms with Crippen LogP contribution in [-0.4, -0.2) is 45.4 Å². The fourth-order valence-electron chi connectivity index (χ4n) is 1.95. The average Bonchev–Trinajstić information content (AvgIpc) is 3.01. The summed E-state index contributed by atoms with van der Waals surface area (Å²) in [6, 6.07) is 7.43. The van der Waals surface area contributed by atoms with Crippen LogP contribution in [0.4, 0.5) is 4.79 Å². The van der Waals surface area contributed by atoms with E-state index in [0.717, 1.165) is 17.1 Å². The van der Waals surface area contributed by atoms with E-state index < -0.39 is 12.2 Å². The van der Waals surface area contributed by atoms with Gasteiger partial charge in [-0.2, -0.15) is 16.6 Å². The van der Waals surface area contributed by atoms with Crippen molar-refractivity contribution in [2.24, 2.45) is 5.73 Å². The van der Waals surface area contributed by atoms with Crippen LogP contribution in [0.3, 0.4) is 0 Å². The van der Waals surface area contributed by atoms with Crippen molar-refractivity contribution < 1.29 is 14.3 Å². The highest BCUT2D eigenvalue weighted by atomic mass is 32.2. The molecule has 0 fully saturated rings. The second-order valence-corrected chi connectivity index (χ2v) is 5.70. The molecule has 9 heteroatoms. The summed E-state index contributed by atoms with van der Waals surface area (Å²) in [6.07, 6.45) is 0.856. The third kappa shape index (κ3) is 5.13. The van der Waals surface area contributed by atoms with Crippen LogP contribution in [0.2, 0.25) is 0 Å². The molecule has 0 bridgehead atoms. The minimum atomic E-state index is -0.871. The maximum Gasteiger partial charge on any atom is 0.405 e. The molecular formula is C14H19N5O3S. The fourth-order valence-corrected chi connectivity index (χ4v) is 2.30. The largest absolute Gasteiger partial charge is 0.497 e. The molecule has 1 unspecified atom stereocenters. The van der Waals surface area contributed by atoms with E-state index in [1.165, 1.54) is 4.80 Å². The zero-order valence-electron chi connectivity index (χ0n) is 13.0. The number of thioether (sulfide) groups is 1. The van der Waals surface area contributed by atoms with Gasteiger partial charge in [-0.15, -0.1) is 10.2 Å². The summed E-state index contributed by atoms with van der Waals surface area (Å²) in [6.45, 7) is 0.639. The summed E-state index contributed by atoms with van der Waals surface area (Å²) < 4.78 is 10.3. The first-order valence-corrected chi connectivity index (χ1v) is 8.37. The SMILES string of the molecule is COc1ccc(CC(OC(N)=O)c2nnn(CCSC)n2)cc1. The van der Waals surface area contributed by atoms with Crippen LogP contribution in [0.15, 0.2) is 24.3 Å². The molecular weight excluding hydrogens is 318 g/mol. The highest BCUT2D eigenvalue weighted by Gasteiger charge is 2.21. The highest BCUT2D eigenvalue weighted by Crippen LogP contribution is 2.21. The molecule has 0 spiro atoms. The number of nitrogens with two attached hydrogens (primary N) is 1. The van der Waals surface area contributed by atoms with Gasteiger partial charge >= 0.3 is 6.09 Å². The molecule has 0 radical (unpaired) electrons. The van der Waals surface area contributed by atoms with Crippen molar-refractivity contribution in [3.05, 3.63) is 35.7 Å². The number of tetrazole rings is 1. The average molecular weight is 337 g/mol. The van der Waals surface area contributed by atoms with Crippen LogP contribution < -0.4 is 10.5 Å². The molecule has 0 aliphatic rings. The van der Waals surface area contributed by atoms with Gasteiger partial charge in [-0.05, 0) is 29.2 Å². The molecule has 2 aromatic rings. The van der Waals surface area contributed by atoms with Crippen molar-refractivity contribution in [1.29, 1.82) is 0 Å². The quantitative estimate of drug-likeness (QED) is 0.776. The summed E-state index contributed by atoms with van der Waals surface area (Å²) >= 11 is 1.69. The second kappa shape index (κ2) is 8.37. The van der Waals surface area contributed by atoms with Gasteiger partial charge in [0.15, 0.2) is 6.10 Å². The lowest BCUT2D eigenvalue weighted by Gasteiger charge is -2.13. The molecule has 0 aliphatic heterocycles. The number of amides is 1. The van der Waals surface area contributed by atoms with E-state index in [-0.39, 0.29) is 0 Å². The Bertz CT molecular complexity index is 632. The smallest absolute Gasteiger partial charge is 0.405 e. The molecule has 1 amide bonds. The first-order chi connectivity index (χ1) is 11.1. The Morgan fingerprint density at radius 2 is 2.13 bits per heavy atom. The number of carbonyl (C=O) groups excluding carboxylic acids is 1. The molecule has 0 saturated heterocycles.